The fourth-order valence-electron chi connectivity index (χ4n) is 2.65. The van der Waals surface area contributed by atoms with Crippen LogP contribution in [0.2, 0.25) is 0 Å². The molecule has 22 heavy (non-hydrogen) atoms. The van der Waals surface area contributed by atoms with Crippen LogP contribution in [-0.4, -0.2) is 64.0 Å². The van der Waals surface area contributed by atoms with Crippen LogP contribution in [-0.2, 0) is 11.8 Å². The number of aryl methyl sites for hydroxylation is 1. The molecule has 0 bridgehead atoms. The van der Waals surface area contributed by atoms with Crippen LogP contribution in [0, 0.1) is 0 Å². The van der Waals surface area contributed by atoms with Crippen LogP contribution < -0.4 is 5.73 Å². The molecule has 1 amide bonds. The number of carbonyl (C=O) groups is 1. The van der Waals surface area contributed by atoms with Crippen molar-refractivity contribution < 1.29 is 9.53 Å². The van der Waals surface area contributed by atoms with E-state index in [0.717, 1.165) is 18.7 Å². The quantitative estimate of drug-likeness (QED) is 0.900. The first-order valence-corrected chi connectivity index (χ1v) is 7.71. The molecule has 124 valence electrons. The van der Waals surface area contributed by atoms with Crippen molar-refractivity contribution in [3.8, 4) is 0 Å². The zero-order chi connectivity index (χ0) is 16.3. The molecule has 0 spiro atoms. The third kappa shape index (κ3) is 4.20. The van der Waals surface area contributed by atoms with Crippen LogP contribution in [0.4, 0.5) is 4.79 Å². The van der Waals surface area contributed by atoms with E-state index in [2.05, 4.69) is 10.00 Å². The number of hydrogen-bond acceptors (Lipinski definition) is 5. The van der Waals surface area contributed by atoms with E-state index in [1.54, 1.807) is 9.58 Å². The van der Waals surface area contributed by atoms with Crippen LogP contribution >= 0.6 is 0 Å². The largest absolute Gasteiger partial charge is 0.444 e. The van der Waals surface area contributed by atoms with Gasteiger partial charge in [0.25, 0.3) is 0 Å². The number of piperazine rings is 1. The van der Waals surface area contributed by atoms with Crippen molar-refractivity contribution in [1.82, 2.24) is 19.6 Å². The molecule has 1 aliphatic rings. The first kappa shape index (κ1) is 16.8. The van der Waals surface area contributed by atoms with Crippen molar-refractivity contribution in [2.45, 2.75) is 32.4 Å². The molecule has 1 aromatic rings. The predicted molar refractivity (Wildman–Crippen MR) is 84.4 cm³/mol. The molecule has 2 N–H and O–H groups in total. The molecule has 1 unspecified atom stereocenters. The number of aromatic nitrogens is 2. The minimum absolute atomic E-state index is 0.148. The summed E-state index contributed by atoms with van der Waals surface area (Å²) in [5.41, 5.74) is 6.61. The summed E-state index contributed by atoms with van der Waals surface area (Å²) in [7, 11) is 1.90. The standard InChI is InChI=1S/C15H27N5O2/c1-15(2,3)22-14(21)20-7-5-19(6-8-20)13(9-16)12-10-17-18(4)11-12/h10-11,13H,5-9,16H2,1-4H3. The zero-order valence-electron chi connectivity index (χ0n) is 14.0. The molecule has 0 aromatic carbocycles. The zero-order valence-corrected chi connectivity index (χ0v) is 14.0. The molecular formula is C15H27N5O2. The minimum Gasteiger partial charge on any atom is -0.444 e. The molecular weight excluding hydrogens is 282 g/mol. The van der Waals surface area contributed by atoms with Gasteiger partial charge in [-0.05, 0) is 20.8 Å². The number of hydrogen-bond donors (Lipinski definition) is 1. The summed E-state index contributed by atoms with van der Waals surface area (Å²) >= 11 is 0. The average Bonchev–Trinajstić information content (AvgIpc) is 2.85. The van der Waals surface area contributed by atoms with Crippen LogP contribution in [0.25, 0.3) is 0 Å². The molecule has 0 radical (unpaired) electrons. The van der Waals surface area contributed by atoms with Gasteiger partial charge in [-0.15, -0.1) is 0 Å². The van der Waals surface area contributed by atoms with Gasteiger partial charge in [0.05, 0.1) is 12.2 Å². The summed E-state index contributed by atoms with van der Waals surface area (Å²) in [5.74, 6) is 0. The van der Waals surface area contributed by atoms with Crippen molar-refractivity contribution in [3.05, 3.63) is 18.0 Å². The second kappa shape index (κ2) is 6.66. The Labute approximate surface area is 132 Å². The van der Waals surface area contributed by atoms with Crippen molar-refractivity contribution in [3.63, 3.8) is 0 Å². The molecule has 0 saturated carbocycles. The molecule has 1 fully saturated rings. The summed E-state index contributed by atoms with van der Waals surface area (Å²) in [4.78, 5) is 16.1. The maximum atomic E-state index is 12.1. The number of rotatable bonds is 3. The highest BCUT2D eigenvalue weighted by Gasteiger charge is 2.29. The van der Waals surface area contributed by atoms with E-state index in [0.29, 0.717) is 19.6 Å². The van der Waals surface area contributed by atoms with Gasteiger partial charge in [-0.3, -0.25) is 9.58 Å². The van der Waals surface area contributed by atoms with E-state index in [1.165, 1.54) is 0 Å². The van der Waals surface area contributed by atoms with Gasteiger partial charge in [-0.25, -0.2) is 4.79 Å². The van der Waals surface area contributed by atoms with Gasteiger partial charge >= 0.3 is 6.09 Å². The normalized spacial score (nSPS) is 18.3. The smallest absolute Gasteiger partial charge is 0.410 e. The van der Waals surface area contributed by atoms with Crippen LogP contribution in [0.5, 0.6) is 0 Å². The number of nitrogens with two attached hydrogens (primary N) is 1. The van der Waals surface area contributed by atoms with E-state index in [4.69, 9.17) is 10.5 Å². The Morgan fingerprint density at radius 3 is 2.45 bits per heavy atom. The predicted octanol–water partition coefficient (Wildman–Crippen LogP) is 0.973. The average molecular weight is 309 g/mol. The number of ether oxygens (including phenoxy) is 1. The summed E-state index contributed by atoms with van der Waals surface area (Å²) in [6, 6.07) is 0.148. The second-order valence-corrected chi connectivity index (χ2v) is 6.70. The second-order valence-electron chi connectivity index (χ2n) is 6.70. The molecule has 1 atom stereocenters. The monoisotopic (exact) mass is 309 g/mol. The minimum atomic E-state index is -0.455. The molecule has 1 saturated heterocycles. The lowest BCUT2D eigenvalue weighted by molar-refractivity contribution is 0.0106. The molecule has 2 heterocycles. The van der Waals surface area contributed by atoms with Gasteiger partial charge in [0.1, 0.15) is 5.60 Å². The molecule has 0 aliphatic carbocycles. The van der Waals surface area contributed by atoms with Gasteiger partial charge < -0.3 is 15.4 Å². The number of nitrogens with zero attached hydrogens (tertiary/aromatic N) is 4. The lowest BCUT2D eigenvalue weighted by atomic mass is 10.1. The highest BCUT2D eigenvalue weighted by molar-refractivity contribution is 5.68. The van der Waals surface area contributed by atoms with Gasteiger partial charge in [-0.2, -0.15) is 5.10 Å². The molecule has 7 heteroatoms. The highest BCUT2D eigenvalue weighted by atomic mass is 16.6. The van der Waals surface area contributed by atoms with E-state index in [1.807, 2.05) is 40.2 Å². The van der Waals surface area contributed by atoms with Crippen molar-refractivity contribution in [2.24, 2.45) is 12.8 Å². The van der Waals surface area contributed by atoms with Gasteiger partial charge in [0.15, 0.2) is 0 Å². The summed E-state index contributed by atoms with van der Waals surface area (Å²) in [5, 5.41) is 4.21. The highest BCUT2D eigenvalue weighted by Crippen LogP contribution is 2.21. The Bertz CT molecular complexity index is 500. The molecule has 7 nitrogen and oxygen atoms in total. The summed E-state index contributed by atoms with van der Waals surface area (Å²) in [6.07, 6.45) is 3.62. The number of carbonyl (C=O) groups excluding carboxylic acids is 1. The topological polar surface area (TPSA) is 76.6 Å². The Morgan fingerprint density at radius 2 is 2.00 bits per heavy atom. The van der Waals surface area contributed by atoms with Gasteiger partial charge in [0.2, 0.25) is 0 Å². The lowest BCUT2D eigenvalue weighted by Crippen LogP contribution is -2.51. The Hall–Kier alpha value is -1.60. The van der Waals surface area contributed by atoms with E-state index >= 15 is 0 Å². The van der Waals surface area contributed by atoms with E-state index < -0.39 is 5.60 Å². The number of amides is 1. The summed E-state index contributed by atoms with van der Waals surface area (Å²) < 4.78 is 7.20. The molecule has 1 aliphatic heterocycles. The SMILES string of the molecule is Cn1cc(C(CN)N2CCN(C(=O)OC(C)(C)C)CC2)cn1. The lowest BCUT2D eigenvalue weighted by Gasteiger charge is -2.39. The fourth-order valence-corrected chi connectivity index (χ4v) is 2.65. The Morgan fingerprint density at radius 1 is 1.36 bits per heavy atom. The third-order valence-electron chi connectivity index (χ3n) is 3.74. The van der Waals surface area contributed by atoms with Crippen molar-refractivity contribution in [1.29, 1.82) is 0 Å². The fraction of sp³-hybridized carbons (Fsp3) is 0.733. The first-order chi connectivity index (χ1) is 10.3. The Kier molecular flexibility index (Phi) is 5.08. The summed E-state index contributed by atoms with van der Waals surface area (Å²) in [6.45, 7) is 9.08. The van der Waals surface area contributed by atoms with Gasteiger partial charge in [0, 0.05) is 51.5 Å². The van der Waals surface area contributed by atoms with Crippen LogP contribution in [0.1, 0.15) is 32.4 Å². The first-order valence-electron chi connectivity index (χ1n) is 7.71. The van der Waals surface area contributed by atoms with Crippen LogP contribution in [0.3, 0.4) is 0 Å². The maximum Gasteiger partial charge on any atom is 0.410 e. The van der Waals surface area contributed by atoms with E-state index in [-0.39, 0.29) is 12.1 Å². The Balaban J connectivity index is 1.92. The maximum absolute atomic E-state index is 12.1. The van der Waals surface area contributed by atoms with Gasteiger partial charge in [-0.1, -0.05) is 0 Å². The molecule has 2 rings (SSSR count). The van der Waals surface area contributed by atoms with Crippen molar-refractivity contribution >= 4 is 6.09 Å². The van der Waals surface area contributed by atoms with E-state index in [9.17, 15) is 4.79 Å². The van der Waals surface area contributed by atoms with Crippen LogP contribution in [0.15, 0.2) is 12.4 Å². The molecule has 1 aromatic heterocycles. The van der Waals surface area contributed by atoms with Crippen molar-refractivity contribution in [2.75, 3.05) is 32.7 Å². The third-order valence-corrected chi connectivity index (χ3v) is 3.74.